The fourth-order valence-corrected chi connectivity index (χ4v) is 4.71. The van der Waals surface area contributed by atoms with Crippen molar-refractivity contribution in [2.75, 3.05) is 0 Å². The average Bonchev–Trinajstić information content (AvgIpc) is 2.76. The van der Waals surface area contributed by atoms with Gasteiger partial charge in [-0.25, -0.2) is 0 Å². The summed E-state index contributed by atoms with van der Waals surface area (Å²) in [6.07, 6.45) is 0. The lowest BCUT2D eigenvalue weighted by Crippen LogP contribution is -1.95. The van der Waals surface area contributed by atoms with Crippen molar-refractivity contribution in [1.82, 2.24) is 0 Å². The molecule has 0 heteroatoms. The first kappa shape index (κ1) is 18.6. The fraction of sp³-hybridized carbons (Fsp3) is 0.133. The molecule has 0 spiro atoms. The Bertz CT molecular complexity index is 1310. The molecule has 0 bridgehead atoms. The van der Waals surface area contributed by atoms with E-state index in [9.17, 15) is 0 Å². The Morgan fingerprint density at radius 2 is 0.767 bits per heavy atom. The molecule has 0 aliphatic heterocycles. The molecule has 5 aromatic carbocycles. The zero-order chi connectivity index (χ0) is 20.8. The highest BCUT2D eigenvalue weighted by atomic mass is 14.2. The summed E-state index contributed by atoms with van der Waals surface area (Å²) >= 11 is 0. The quantitative estimate of drug-likeness (QED) is 0.267. The van der Waals surface area contributed by atoms with Gasteiger partial charge in [-0.15, -0.1) is 0 Å². The van der Waals surface area contributed by atoms with E-state index in [-0.39, 0.29) is 0 Å². The van der Waals surface area contributed by atoms with Crippen molar-refractivity contribution in [2.24, 2.45) is 0 Å². The van der Waals surface area contributed by atoms with E-state index in [0.29, 0.717) is 0 Å². The molecule has 0 aliphatic carbocycles. The summed E-state index contributed by atoms with van der Waals surface area (Å²) < 4.78 is 0. The van der Waals surface area contributed by atoms with Gasteiger partial charge in [0, 0.05) is 0 Å². The summed E-state index contributed by atoms with van der Waals surface area (Å²) in [5.74, 6) is 0. The third kappa shape index (κ3) is 2.92. The van der Waals surface area contributed by atoms with Gasteiger partial charge in [-0.2, -0.15) is 0 Å². The van der Waals surface area contributed by atoms with Gasteiger partial charge < -0.3 is 0 Å². The largest absolute Gasteiger partial charge is 0.0616 e. The van der Waals surface area contributed by atoms with Crippen LogP contribution < -0.4 is 0 Å². The fourth-order valence-electron chi connectivity index (χ4n) is 4.71. The van der Waals surface area contributed by atoms with Gasteiger partial charge in [-0.3, -0.25) is 0 Å². The summed E-state index contributed by atoms with van der Waals surface area (Å²) in [7, 11) is 0. The van der Waals surface area contributed by atoms with Crippen LogP contribution in [0.4, 0.5) is 0 Å². The van der Waals surface area contributed by atoms with Crippen LogP contribution in [0.2, 0.25) is 0 Å². The van der Waals surface area contributed by atoms with E-state index in [4.69, 9.17) is 0 Å². The molecule has 5 aromatic rings. The first-order valence-corrected chi connectivity index (χ1v) is 10.6. The SMILES string of the molecule is Cc1ccc(C)c(-c2c(-c3cc(C)ccc3C)c3ccccc3c3ccccc23)c1. The molecule has 0 unspecified atom stereocenters. The maximum Gasteiger partial charge on any atom is -0.00175 e. The van der Waals surface area contributed by atoms with Gasteiger partial charge in [0.1, 0.15) is 0 Å². The van der Waals surface area contributed by atoms with Crippen LogP contribution in [0.25, 0.3) is 43.8 Å². The van der Waals surface area contributed by atoms with E-state index < -0.39 is 0 Å². The van der Waals surface area contributed by atoms with Crippen LogP contribution in [0.5, 0.6) is 0 Å². The third-order valence-corrected chi connectivity index (χ3v) is 6.26. The van der Waals surface area contributed by atoms with Crippen LogP contribution >= 0.6 is 0 Å². The Kier molecular flexibility index (Phi) is 4.44. The average molecular weight is 387 g/mol. The van der Waals surface area contributed by atoms with Crippen LogP contribution in [0.3, 0.4) is 0 Å². The molecular formula is C30H26. The molecule has 0 saturated heterocycles. The van der Waals surface area contributed by atoms with Crippen molar-refractivity contribution < 1.29 is 0 Å². The highest BCUT2D eigenvalue weighted by molar-refractivity contribution is 6.22. The number of hydrogen-bond donors (Lipinski definition) is 0. The van der Waals surface area contributed by atoms with Gasteiger partial charge in [0.2, 0.25) is 0 Å². The van der Waals surface area contributed by atoms with E-state index in [1.807, 2.05) is 0 Å². The number of hydrogen-bond acceptors (Lipinski definition) is 0. The molecule has 0 nitrogen and oxygen atoms in total. The monoisotopic (exact) mass is 386 g/mol. The molecule has 5 rings (SSSR count). The lowest BCUT2D eigenvalue weighted by atomic mass is 9.82. The topological polar surface area (TPSA) is 0 Å². The predicted octanol–water partition coefficient (Wildman–Crippen LogP) is 8.56. The molecule has 0 fully saturated rings. The predicted molar refractivity (Wildman–Crippen MR) is 131 cm³/mol. The summed E-state index contributed by atoms with van der Waals surface area (Å²) in [6.45, 7) is 8.82. The first-order chi connectivity index (χ1) is 14.5. The zero-order valence-corrected chi connectivity index (χ0v) is 18.1. The van der Waals surface area contributed by atoms with E-state index in [0.717, 1.165) is 0 Å². The van der Waals surface area contributed by atoms with Gasteiger partial charge >= 0.3 is 0 Å². The minimum atomic E-state index is 1.29. The van der Waals surface area contributed by atoms with Gasteiger partial charge in [0.15, 0.2) is 0 Å². The summed E-state index contributed by atoms with van der Waals surface area (Å²) in [5.41, 5.74) is 10.6. The van der Waals surface area contributed by atoms with Gasteiger partial charge in [-0.05, 0) is 82.6 Å². The van der Waals surface area contributed by atoms with Crippen molar-refractivity contribution >= 4 is 21.5 Å². The molecule has 0 radical (unpaired) electrons. The second-order valence-corrected chi connectivity index (χ2v) is 8.48. The lowest BCUT2D eigenvalue weighted by molar-refractivity contribution is 1.38. The zero-order valence-electron chi connectivity index (χ0n) is 18.1. The van der Waals surface area contributed by atoms with E-state index in [2.05, 4.69) is 113 Å². The van der Waals surface area contributed by atoms with Crippen molar-refractivity contribution in [3.8, 4) is 22.3 Å². The Labute approximate surface area is 178 Å². The molecule has 0 aliphatic rings. The Hall–Kier alpha value is -3.38. The molecule has 0 saturated carbocycles. The second-order valence-electron chi connectivity index (χ2n) is 8.48. The van der Waals surface area contributed by atoms with Crippen molar-refractivity contribution in [1.29, 1.82) is 0 Å². The van der Waals surface area contributed by atoms with E-state index >= 15 is 0 Å². The maximum absolute atomic E-state index is 2.35. The first-order valence-electron chi connectivity index (χ1n) is 10.6. The smallest absolute Gasteiger partial charge is 0.00175 e. The number of fused-ring (bicyclic) bond motifs is 3. The third-order valence-electron chi connectivity index (χ3n) is 6.26. The molecule has 146 valence electrons. The number of benzene rings is 5. The maximum atomic E-state index is 2.35. The molecule has 0 aromatic heterocycles. The molecular weight excluding hydrogens is 360 g/mol. The van der Waals surface area contributed by atoms with Gasteiger partial charge in [-0.1, -0.05) is 96.1 Å². The normalized spacial score (nSPS) is 11.3. The van der Waals surface area contributed by atoms with Crippen LogP contribution in [-0.2, 0) is 0 Å². The van der Waals surface area contributed by atoms with E-state index in [1.54, 1.807) is 0 Å². The summed E-state index contributed by atoms with van der Waals surface area (Å²) in [5, 5.41) is 5.28. The van der Waals surface area contributed by atoms with E-state index in [1.165, 1.54) is 66.1 Å². The Balaban J connectivity index is 2.09. The minimum Gasteiger partial charge on any atom is -0.0616 e. The van der Waals surface area contributed by atoms with Crippen LogP contribution in [0, 0.1) is 27.7 Å². The lowest BCUT2D eigenvalue weighted by Gasteiger charge is -2.21. The molecule has 30 heavy (non-hydrogen) atoms. The Morgan fingerprint density at radius 3 is 1.17 bits per heavy atom. The molecule has 0 heterocycles. The molecule has 0 amide bonds. The van der Waals surface area contributed by atoms with Crippen molar-refractivity contribution in [2.45, 2.75) is 27.7 Å². The van der Waals surface area contributed by atoms with Crippen LogP contribution in [0.15, 0.2) is 84.9 Å². The number of rotatable bonds is 2. The van der Waals surface area contributed by atoms with Crippen molar-refractivity contribution in [3.05, 3.63) is 107 Å². The second kappa shape index (κ2) is 7.15. The van der Waals surface area contributed by atoms with Crippen molar-refractivity contribution in [3.63, 3.8) is 0 Å². The highest BCUT2D eigenvalue weighted by Gasteiger charge is 2.19. The van der Waals surface area contributed by atoms with Crippen LogP contribution in [-0.4, -0.2) is 0 Å². The Morgan fingerprint density at radius 1 is 0.400 bits per heavy atom. The standard InChI is InChI=1S/C30H26/c1-19-13-15-21(3)27(17-19)29-25-11-7-5-9-23(25)24-10-6-8-12-26(24)30(29)28-18-20(2)14-16-22(28)4/h5-18H,1-4H3. The van der Waals surface area contributed by atoms with Gasteiger partial charge in [0.05, 0.1) is 0 Å². The number of aryl methyl sites for hydroxylation is 4. The van der Waals surface area contributed by atoms with Crippen LogP contribution in [0.1, 0.15) is 22.3 Å². The minimum absolute atomic E-state index is 1.29. The summed E-state index contributed by atoms with van der Waals surface area (Å²) in [4.78, 5) is 0. The molecule has 0 N–H and O–H groups in total. The van der Waals surface area contributed by atoms with Gasteiger partial charge in [0.25, 0.3) is 0 Å². The highest BCUT2D eigenvalue weighted by Crippen LogP contribution is 2.46. The summed E-state index contributed by atoms with van der Waals surface area (Å²) in [6, 6.07) is 31.3. The molecule has 0 atom stereocenters.